The van der Waals surface area contributed by atoms with Gasteiger partial charge >= 0.3 is 5.97 Å². The molecule has 12 heteroatoms. The number of hydrogen-bond acceptors (Lipinski definition) is 6. The molecule has 1 aromatic heterocycles. The lowest BCUT2D eigenvalue weighted by Gasteiger charge is -2.23. The SMILES string of the molecule is CC(NC(=O)C(N)Cc1ccccc1)C(=O)NC(Cc1c[nH]c2ccccc12)C(=O)NC(CC(N)=O)C(=O)O. The predicted octanol–water partition coefficient (Wildman–Crippen LogP) is -0.285. The van der Waals surface area contributed by atoms with E-state index in [1.807, 2.05) is 54.6 Å². The molecule has 3 rings (SSSR count). The number of para-hydroxylation sites is 1. The Bertz CT molecular complexity index is 1340. The van der Waals surface area contributed by atoms with Crippen molar-refractivity contribution in [2.24, 2.45) is 11.5 Å². The van der Waals surface area contributed by atoms with Gasteiger partial charge in [-0.2, -0.15) is 0 Å². The summed E-state index contributed by atoms with van der Waals surface area (Å²) in [5.41, 5.74) is 13.5. The zero-order chi connectivity index (χ0) is 28.5. The summed E-state index contributed by atoms with van der Waals surface area (Å²) in [7, 11) is 0. The number of aliphatic carboxylic acids is 1. The van der Waals surface area contributed by atoms with Gasteiger partial charge in [0.05, 0.1) is 12.5 Å². The van der Waals surface area contributed by atoms with Crippen LogP contribution in [0.3, 0.4) is 0 Å². The van der Waals surface area contributed by atoms with E-state index in [2.05, 4.69) is 20.9 Å². The lowest BCUT2D eigenvalue weighted by Crippen LogP contribution is -2.57. The van der Waals surface area contributed by atoms with Gasteiger partial charge in [-0.15, -0.1) is 0 Å². The summed E-state index contributed by atoms with van der Waals surface area (Å²) in [5.74, 6) is -4.43. The van der Waals surface area contributed by atoms with E-state index in [-0.39, 0.29) is 12.8 Å². The number of rotatable bonds is 13. The van der Waals surface area contributed by atoms with Gasteiger partial charge in [-0.1, -0.05) is 48.5 Å². The number of nitrogens with two attached hydrogens (primary N) is 2. The van der Waals surface area contributed by atoms with Crippen LogP contribution in [0.25, 0.3) is 10.9 Å². The highest BCUT2D eigenvalue weighted by molar-refractivity contribution is 5.95. The molecule has 4 amide bonds. The maximum absolute atomic E-state index is 13.1. The van der Waals surface area contributed by atoms with Crippen molar-refractivity contribution in [1.82, 2.24) is 20.9 Å². The van der Waals surface area contributed by atoms with E-state index in [9.17, 15) is 29.1 Å². The molecule has 4 unspecified atom stereocenters. The van der Waals surface area contributed by atoms with Crippen molar-refractivity contribution < 1.29 is 29.1 Å². The third kappa shape index (κ3) is 8.14. The highest BCUT2D eigenvalue weighted by Crippen LogP contribution is 2.19. The Kier molecular flexibility index (Phi) is 9.76. The van der Waals surface area contributed by atoms with Crippen molar-refractivity contribution in [3.8, 4) is 0 Å². The van der Waals surface area contributed by atoms with Gasteiger partial charge in [-0.25, -0.2) is 4.79 Å². The zero-order valence-electron chi connectivity index (χ0n) is 21.3. The maximum Gasteiger partial charge on any atom is 0.326 e. The molecule has 206 valence electrons. The van der Waals surface area contributed by atoms with Crippen molar-refractivity contribution in [2.75, 3.05) is 0 Å². The first-order valence-corrected chi connectivity index (χ1v) is 12.3. The third-order valence-electron chi connectivity index (χ3n) is 6.14. The van der Waals surface area contributed by atoms with Crippen molar-refractivity contribution in [1.29, 1.82) is 0 Å². The Morgan fingerprint density at radius 3 is 2.15 bits per heavy atom. The van der Waals surface area contributed by atoms with Gasteiger partial charge in [-0.3, -0.25) is 19.2 Å². The molecule has 3 aromatic rings. The molecule has 1 heterocycles. The predicted molar refractivity (Wildman–Crippen MR) is 143 cm³/mol. The van der Waals surface area contributed by atoms with Gasteiger partial charge in [0.25, 0.3) is 0 Å². The third-order valence-corrected chi connectivity index (χ3v) is 6.14. The van der Waals surface area contributed by atoms with Crippen LogP contribution in [-0.2, 0) is 36.8 Å². The molecule has 0 saturated heterocycles. The largest absolute Gasteiger partial charge is 0.480 e. The molecule has 0 aliphatic rings. The zero-order valence-corrected chi connectivity index (χ0v) is 21.3. The first kappa shape index (κ1) is 28.9. The van der Waals surface area contributed by atoms with Crippen LogP contribution in [0.1, 0.15) is 24.5 Å². The highest BCUT2D eigenvalue weighted by Gasteiger charge is 2.30. The van der Waals surface area contributed by atoms with E-state index in [4.69, 9.17) is 11.5 Å². The lowest BCUT2D eigenvalue weighted by molar-refractivity contribution is -0.143. The van der Waals surface area contributed by atoms with Crippen molar-refractivity contribution >= 4 is 40.5 Å². The second-order valence-corrected chi connectivity index (χ2v) is 9.22. The highest BCUT2D eigenvalue weighted by atomic mass is 16.4. The molecular weight excluding hydrogens is 504 g/mol. The summed E-state index contributed by atoms with van der Waals surface area (Å²) >= 11 is 0. The summed E-state index contributed by atoms with van der Waals surface area (Å²) in [4.78, 5) is 64.7. The fraction of sp³-hybridized carbons (Fsp3) is 0.296. The number of nitrogens with one attached hydrogen (secondary N) is 4. The van der Waals surface area contributed by atoms with Gasteiger partial charge in [-0.05, 0) is 30.5 Å². The second kappa shape index (κ2) is 13.2. The molecule has 0 saturated carbocycles. The molecule has 4 atom stereocenters. The Morgan fingerprint density at radius 1 is 0.846 bits per heavy atom. The quantitative estimate of drug-likeness (QED) is 0.155. The maximum atomic E-state index is 13.1. The number of aromatic amines is 1. The van der Waals surface area contributed by atoms with E-state index < -0.39 is 60.2 Å². The summed E-state index contributed by atoms with van der Waals surface area (Å²) in [6.07, 6.45) is 1.32. The molecule has 39 heavy (non-hydrogen) atoms. The summed E-state index contributed by atoms with van der Waals surface area (Å²) in [6, 6.07) is 11.7. The number of carboxylic acid groups (broad SMARTS) is 1. The van der Waals surface area contributed by atoms with E-state index >= 15 is 0 Å². The van der Waals surface area contributed by atoms with E-state index in [1.54, 1.807) is 6.20 Å². The van der Waals surface area contributed by atoms with Crippen LogP contribution < -0.4 is 27.4 Å². The first-order chi connectivity index (χ1) is 18.5. The number of carboxylic acids is 1. The monoisotopic (exact) mass is 536 g/mol. The number of carbonyl (C=O) groups is 5. The van der Waals surface area contributed by atoms with Gasteiger partial charge in [0, 0.05) is 23.5 Å². The summed E-state index contributed by atoms with van der Waals surface area (Å²) < 4.78 is 0. The van der Waals surface area contributed by atoms with Gasteiger partial charge in [0.1, 0.15) is 18.1 Å². The van der Waals surface area contributed by atoms with E-state index in [0.717, 1.165) is 16.5 Å². The van der Waals surface area contributed by atoms with Crippen LogP contribution in [0, 0.1) is 0 Å². The fourth-order valence-electron chi connectivity index (χ4n) is 4.05. The van der Waals surface area contributed by atoms with Crippen LogP contribution >= 0.6 is 0 Å². The number of hydrogen-bond donors (Lipinski definition) is 7. The van der Waals surface area contributed by atoms with E-state index in [0.29, 0.717) is 5.56 Å². The number of primary amides is 1. The van der Waals surface area contributed by atoms with Crippen molar-refractivity contribution in [3.63, 3.8) is 0 Å². The molecule has 0 aliphatic carbocycles. The Morgan fingerprint density at radius 2 is 1.49 bits per heavy atom. The van der Waals surface area contributed by atoms with Crippen molar-refractivity contribution in [3.05, 3.63) is 71.9 Å². The number of aromatic nitrogens is 1. The molecule has 2 aromatic carbocycles. The number of amides is 4. The summed E-state index contributed by atoms with van der Waals surface area (Å²) in [5, 5.41) is 17.6. The Hall–Kier alpha value is -4.71. The molecule has 0 radical (unpaired) electrons. The molecule has 0 aliphatic heterocycles. The van der Waals surface area contributed by atoms with E-state index in [1.165, 1.54) is 6.92 Å². The van der Waals surface area contributed by atoms with Crippen LogP contribution in [0.5, 0.6) is 0 Å². The van der Waals surface area contributed by atoms with Gasteiger partial charge < -0.3 is 37.5 Å². The number of benzene rings is 2. The molecule has 0 bridgehead atoms. The van der Waals surface area contributed by atoms with Crippen LogP contribution in [-0.4, -0.2) is 63.9 Å². The number of H-pyrrole nitrogens is 1. The molecule has 0 spiro atoms. The minimum Gasteiger partial charge on any atom is -0.480 e. The summed E-state index contributed by atoms with van der Waals surface area (Å²) in [6.45, 7) is 1.44. The topological polar surface area (TPSA) is 209 Å². The lowest BCUT2D eigenvalue weighted by atomic mass is 10.0. The van der Waals surface area contributed by atoms with Crippen LogP contribution in [0.4, 0.5) is 0 Å². The van der Waals surface area contributed by atoms with Crippen LogP contribution in [0.2, 0.25) is 0 Å². The smallest absolute Gasteiger partial charge is 0.326 e. The van der Waals surface area contributed by atoms with Gasteiger partial charge in [0.2, 0.25) is 23.6 Å². The first-order valence-electron chi connectivity index (χ1n) is 12.3. The Labute approximate surface area is 224 Å². The standard InChI is InChI=1S/C27H32N6O6/c1-15(31-25(36)19(28)11-16-7-3-2-4-8-16)24(35)32-21(26(37)33-22(27(38)39)13-23(29)34)12-17-14-30-20-10-6-5-9-18(17)20/h2-10,14-15,19,21-22,30H,11-13,28H2,1H3,(H2,29,34)(H,31,36)(H,32,35)(H,33,37)(H,38,39). The van der Waals surface area contributed by atoms with Crippen molar-refractivity contribution in [2.45, 2.75) is 50.4 Å². The molecule has 12 nitrogen and oxygen atoms in total. The molecule has 0 fully saturated rings. The Balaban J connectivity index is 1.73. The van der Waals surface area contributed by atoms with Crippen LogP contribution in [0.15, 0.2) is 60.8 Å². The normalized spacial score (nSPS) is 14.0. The fourth-order valence-corrected chi connectivity index (χ4v) is 4.05. The second-order valence-electron chi connectivity index (χ2n) is 9.22. The number of fused-ring (bicyclic) bond motifs is 1. The minimum atomic E-state index is -1.58. The number of carbonyl (C=O) groups excluding carboxylic acids is 4. The minimum absolute atomic E-state index is 0.00130. The van der Waals surface area contributed by atoms with Gasteiger partial charge in [0.15, 0.2) is 0 Å². The average molecular weight is 537 g/mol. The molecule has 9 N–H and O–H groups in total. The molecular formula is C27H32N6O6. The average Bonchev–Trinajstić information content (AvgIpc) is 3.30.